The first-order chi connectivity index (χ1) is 7.11. The molecule has 0 aromatic heterocycles. The minimum absolute atomic E-state index is 0.654. The van der Waals surface area contributed by atoms with E-state index in [1.165, 1.54) is 12.8 Å². The maximum absolute atomic E-state index is 5.24. The van der Waals surface area contributed by atoms with Gasteiger partial charge in [0.2, 0.25) is 0 Å². The van der Waals surface area contributed by atoms with Crippen molar-refractivity contribution in [1.29, 1.82) is 0 Å². The zero-order valence-electron chi connectivity index (χ0n) is 11.2. The molecule has 0 fully saturated rings. The third-order valence-corrected chi connectivity index (χ3v) is 2.84. The summed E-state index contributed by atoms with van der Waals surface area (Å²) in [5.41, 5.74) is 0. The second-order valence-corrected chi connectivity index (χ2v) is 5.03. The molecular weight excluding hydrogens is 186 g/mol. The van der Waals surface area contributed by atoms with Gasteiger partial charge in [0.15, 0.2) is 0 Å². The van der Waals surface area contributed by atoms with Crippen LogP contribution in [-0.4, -0.2) is 26.8 Å². The van der Waals surface area contributed by atoms with Gasteiger partial charge in [0.25, 0.3) is 0 Å². The highest BCUT2D eigenvalue weighted by atomic mass is 16.5. The SMILES string of the molecule is CCCNCC(CC(C)C)C(C)COC. The summed E-state index contributed by atoms with van der Waals surface area (Å²) in [5, 5.41) is 3.52. The topological polar surface area (TPSA) is 21.3 Å². The van der Waals surface area contributed by atoms with Gasteiger partial charge in [-0.15, -0.1) is 0 Å². The number of hydrogen-bond donors (Lipinski definition) is 1. The lowest BCUT2D eigenvalue weighted by Crippen LogP contribution is -2.30. The quantitative estimate of drug-likeness (QED) is 0.597. The van der Waals surface area contributed by atoms with E-state index in [2.05, 4.69) is 33.0 Å². The minimum atomic E-state index is 0.654. The smallest absolute Gasteiger partial charge is 0.0490 e. The van der Waals surface area contributed by atoms with Crippen LogP contribution < -0.4 is 5.32 Å². The molecule has 0 aromatic carbocycles. The Kier molecular flexibility index (Phi) is 9.12. The van der Waals surface area contributed by atoms with E-state index in [-0.39, 0.29) is 0 Å². The summed E-state index contributed by atoms with van der Waals surface area (Å²) >= 11 is 0. The van der Waals surface area contributed by atoms with Gasteiger partial charge in [0.05, 0.1) is 0 Å². The van der Waals surface area contributed by atoms with Gasteiger partial charge in [-0.25, -0.2) is 0 Å². The summed E-state index contributed by atoms with van der Waals surface area (Å²) in [6.07, 6.45) is 2.51. The fourth-order valence-corrected chi connectivity index (χ4v) is 1.99. The highest BCUT2D eigenvalue weighted by molar-refractivity contribution is 4.70. The summed E-state index contributed by atoms with van der Waals surface area (Å²) < 4.78 is 5.24. The molecule has 2 unspecified atom stereocenters. The van der Waals surface area contributed by atoms with Crippen molar-refractivity contribution in [3.63, 3.8) is 0 Å². The van der Waals surface area contributed by atoms with Crippen molar-refractivity contribution in [2.75, 3.05) is 26.8 Å². The van der Waals surface area contributed by atoms with Crippen molar-refractivity contribution < 1.29 is 4.74 Å². The molecule has 0 aliphatic carbocycles. The molecule has 92 valence electrons. The predicted molar refractivity (Wildman–Crippen MR) is 67.1 cm³/mol. The average molecular weight is 215 g/mol. The van der Waals surface area contributed by atoms with E-state index < -0.39 is 0 Å². The van der Waals surface area contributed by atoms with Gasteiger partial charge in [-0.1, -0.05) is 27.7 Å². The first-order valence-electron chi connectivity index (χ1n) is 6.31. The van der Waals surface area contributed by atoms with Crippen LogP contribution in [0.2, 0.25) is 0 Å². The van der Waals surface area contributed by atoms with E-state index in [9.17, 15) is 0 Å². The van der Waals surface area contributed by atoms with Gasteiger partial charge in [0.1, 0.15) is 0 Å². The number of methoxy groups -OCH3 is 1. The predicted octanol–water partition coefficient (Wildman–Crippen LogP) is 2.93. The maximum atomic E-state index is 5.24. The van der Waals surface area contributed by atoms with Crippen molar-refractivity contribution in [1.82, 2.24) is 5.32 Å². The molecule has 1 N–H and O–H groups in total. The zero-order valence-corrected chi connectivity index (χ0v) is 11.2. The molecule has 15 heavy (non-hydrogen) atoms. The van der Waals surface area contributed by atoms with Gasteiger partial charge >= 0.3 is 0 Å². The van der Waals surface area contributed by atoms with E-state index in [4.69, 9.17) is 4.74 Å². The van der Waals surface area contributed by atoms with Crippen LogP contribution >= 0.6 is 0 Å². The van der Waals surface area contributed by atoms with Crippen LogP contribution in [0.25, 0.3) is 0 Å². The van der Waals surface area contributed by atoms with Crippen LogP contribution in [0.15, 0.2) is 0 Å². The molecule has 0 radical (unpaired) electrons. The summed E-state index contributed by atoms with van der Waals surface area (Å²) in [7, 11) is 1.79. The molecule has 2 nitrogen and oxygen atoms in total. The molecule has 0 saturated carbocycles. The van der Waals surface area contributed by atoms with E-state index in [0.29, 0.717) is 5.92 Å². The summed E-state index contributed by atoms with van der Waals surface area (Å²) in [6.45, 7) is 12.3. The Hall–Kier alpha value is -0.0800. The number of nitrogens with one attached hydrogen (secondary N) is 1. The van der Waals surface area contributed by atoms with Crippen LogP contribution in [0.4, 0.5) is 0 Å². The summed E-state index contributed by atoms with van der Waals surface area (Å²) in [4.78, 5) is 0. The van der Waals surface area contributed by atoms with Crippen LogP contribution in [0, 0.1) is 17.8 Å². The normalized spacial score (nSPS) is 15.6. The minimum Gasteiger partial charge on any atom is -0.384 e. The third-order valence-electron chi connectivity index (χ3n) is 2.84. The van der Waals surface area contributed by atoms with Gasteiger partial charge in [0, 0.05) is 13.7 Å². The van der Waals surface area contributed by atoms with Crippen molar-refractivity contribution >= 4 is 0 Å². The second-order valence-electron chi connectivity index (χ2n) is 5.03. The molecule has 0 aliphatic rings. The van der Waals surface area contributed by atoms with Crippen molar-refractivity contribution in [2.24, 2.45) is 17.8 Å². The van der Waals surface area contributed by atoms with Crippen LogP contribution in [0.3, 0.4) is 0 Å². The molecule has 0 amide bonds. The Morgan fingerprint density at radius 1 is 1.20 bits per heavy atom. The fourth-order valence-electron chi connectivity index (χ4n) is 1.99. The number of rotatable bonds is 9. The fraction of sp³-hybridized carbons (Fsp3) is 1.00. The lowest BCUT2D eigenvalue weighted by molar-refractivity contribution is 0.120. The van der Waals surface area contributed by atoms with Crippen molar-refractivity contribution in [3.8, 4) is 0 Å². The standard InChI is InChI=1S/C13H29NO/c1-6-7-14-9-13(8-11(2)3)12(4)10-15-5/h11-14H,6-10H2,1-5H3. The summed E-state index contributed by atoms with van der Waals surface area (Å²) in [5.74, 6) is 2.18. The Bertz CT molecular complexity index is 136. The van der Waals surface area contributed by atoms with Crippen LogP contribution in [-0.2, 0) is 4.74 Å². The largest absolute Gasteiger partial charge is 0.384 e. The average Bonchev–Trinajstić information content (AvgIpc) is 2.16. The first kappa shape index (κ1) is 14.9. The molecule has 0 bridgehead atoms. The summed E-state index contributed by atoms with van der Waals surface area (Å²) in [6, 6.07) is 0. The van der Waals surface area contributed by atoms with E-state index in [1.807, 2.05) is 0 Å². The van der Waals surface area contributed by atoms with E-state index in [1.54, 1.807) is 7.11 Å². The molecule has 0 saturated heterocycles. The zero-order chi connectivity index (χ0) is 11.7. The Balaban J connectivity index is 3.93. The Morgan fingerprint density at radius 2 is 1.87 bits per heavy atom. The van der Waals surface area contributed by atoms with Gasteiger partial charge in [-0.3, -0.25) is 0 Å². The monoisotopic (exact) mass is 215 g/mol. The van der Waals surface area contributed by atoms with Crippen molar-refractivity contribution in [2.45, 2.75) is 40.5 Å². The molecule has 2 atom stereocenters. The number of ether oxygens (including phenoxy) is 1. The molecule has 0 spiro atoms. The molecular formula is C13H29NO. The van der Waals surface area contributed by atoms with Gasteiger partial charge in [-0.05, 0) is 43.7 Å². The highest BCUT2D eigenvalue weighted by Gasteiger charge is 2.17. The molecule has 0 heterocycles. The Labute approximate surface area is 95.8 Å². The lowest BCUT2D eigenvalue weighted by Gasteiger charge is -2.25. The van der Waals surface area contributed by atoms with E-state index in [0.717, 1.165) is 31.5 Å². The molecule has 0 aliphatic heterocycles. The van der Waals surface area contributed by atoms with Gasteiger partial charge in [-0.2, -0.15) is 0 Å². The molecule has 0 rings (SSSR count). The lowest BCUT2D eigenvalue weighted by atomic mass is 9.87. The third kappa shape index (κ3) is 7.80. The van der Waals surface area contributed by atoms with Crippen LogP contribution in [0.1, 0.15) is 40.5 Å². The van der Waals surface area contributed by atoms with Crippen molar-refractivity contribution in [3.05, 3.63) is 0 Å². The number of hydrogen-bond acceptors (Lipinski definition) is 2. The van der Waals surface area contributed by atoms with Crippen LogP contribution in [0.5, 0.6) is 0 Å². The molecule has 0 aromatic rings. The Morgan fingerprint density at radius 3 is 2.33 bits per heavy atom. The van der Waals surface area contributed by atoms with E-state index >= 15 is 0 Å². The maximum Gasteiger partial charge on any atom is 0.0490 e. The first-order valence-corrected chi connectivity index (χ1v) is 6.31. The molecule has 2 heteroatoms. The van der Waals surface area contributed by atoms with Gasteiger partial charge < -0.3 is 10.1 Å². The second kappa shape index (κ2) is 9.17. The highest BCUT2D eigenvalue weighted by Crippen LogP contribution is 2.20.